The van der Waals surface area contributed by atoms with Crippen LogP contribution in [0.25, 0.3) is 0 Å². The Bertz CT molecular complexity index is 384. The van der Waals surface area contributed by atoms with Crippen molar-refractivity contribution in [2.75, 3.05) is 13.7 Å². The van der Waals surface area contributed by atoms with E-state index in [-0.39, 0.29) is 0 Å². The van der Waals surface area contributed by atoms with Gasteiger partial charge in [0.25, 0.3) is 0 Å². The number of hydrogen-bond acceptors (Lipinski definition) is 3. The molecule has 102 valence electrons. The molecule has 1 aliphatic rings. The van der Waals surface area contributed by atoms with Crippen LogP contribution in [0.15, 0.2) is 6.20 Å². The van der Waals surface area contributed by atoms with Gasteiger partial charge in [0.05, 0.1) is 30.1 Å². The Balaban J connectivity index is 2.26. The van der Waals surface area contributed by atoms with Gasteiger partial charge in [0.15, 0.2) is 0 Å². The lowest BCUT2D eigenvalue weighted by Gasteiger charge is -2.28. The lowest BCUT2D eigenvalue weighted by atomic mass is 9.90. The number of rotatable bonds is 4. The molecule has 0 radical (unpaired) electrons. The van der Waals surface area contributed by atoms with Crippen LogP contribution in [0, 0.1) is 0 Å². The number of nitrogens with zero attached hydrogens (tertiary/aromatic N) is 2. The standard InChI is InChI=1S/C13H21ClN2O2/c1-18-9-8-16-12(11(14)10-15-16)13(17)6-4-2-3-5-7-13/h10,17H,2-9H2,1H3. The average Bonchev–Trinajstić information content (AvgIpc) is 2.58. The van der Waals surface area contributed by atoms with E-state index in [9.17, 15) is 5.11 Å². The lowest BCUT2D eigenvalue weighted by Crippen LogP contribution is -2.29. The first-order valence-corrected chi connectivity index (χ1v) is 6.98. The normalized spacial score (nSPS) is 19.7. The maximum absolute atomic E-state index is 10.9. The first kappa shape index (κ1) is 13.8. The van der Waals surface area contributed by atoms with Gasteiger partial charge in [-0.3, -0.25) is 4.68 Å². The quantitative estimate of drug-likeness (QED) is 0.858. The summed E-state index contributed by atoms with van der Waals surface area (Å²) < 4.78 is 6.86. The Kier molecular flexibility index (Phi) is 4.65. The molecule has 0 aromatic carbocycles. The molecule has 0 saturated heterocycles. The van der Waals surface area contributed by atoms with E-state index in [0.717, 1.165) is 31.4 Å². The first-order valence-electron chi connectivity index (χ1n) is 6.60. The van der Waals surface area contributed by atoms with Gasteiger partial charge in [-0.15, -0.1) is 0 Å². The minimum absolute atomic E-state index is 0.565. The molecule has 1 aliphatic carbocycles. The summed E-state index contributed by atoms with van der Waals surface area (Å²) in [6.07, 6.45) is 7.62. The zero-order valence-corrected chi connectivity index (χ0v) is 11.6. The number of ether oxygens (including phenoxy) is 1. The summed E-state index contributed by atoms with van der Waals surface area (Å²) in [6, 6.07) is 0. The average molecular weight is 273 g/mol. The van der Waals surface area contributed by atoms with Crippen LogP contribution in [0.5, 0.6) is 0 Å². The van der Waals surface area contributed by atoms with Gasteiger partial charge in [-0.05, 0) is 12.8 Å². The van der Waals surface area contributed by atoms with Crippen molar-refractivity contribution < 1.29 is 9.84 Å². The maximum atomic E-state index is 10.9. The predicted molar refractivity (Wildman–Crippen MR) is 70.7 cm³/mol. The molecular formula is C13H21ClN2O2. The molecule has 0 spiro atoms. The second-order valence-corrected chi connectivity index (χ2v) is 5.41. The fraction of sp³-hybridized carbons (Fsp3) is 0.769. The smallest absolute Gasteiger partial charge is 0.108 e. The number of aliphatic hydroxyl groups is 1. The van der Waals surface area contributed by atoms with Crippen molar-refractivity contribution in [1.82, 2.24) is 9.78 Å². The van der Waals surface area contributed by atoms with Crippen molar-refractivity contribution in [3.05, 3.63) is 16.9 Å². The molecule has 1 saturated carbocycles. The van der Waals surface area contributed by atoms with Crippen LogP contribution in [-0.2, 0) is 16.9 Å². The molecule has 4 nitrogen and oxygen atoms in total. The van der Waals surface area contributed by atoms with Crippen molar-refractivity contribution >= 4 is 11.6 Å². The molecule has 1 N–H and O–H groups in total. The van der Waals surface area contributed by atoms with Gasteiger partial charge in [-0.25, -0.2) is 0 Å². The monoisotopic (exact) mass is 272 g/mol. The molecule has 18 heavy (non-hydrogen) atoms. The summed E-state index contributed by atoms with van der Waals surface area (Å²) >= 11 is 6.22. The van der Waals surface area contributed by atoms with E-state index in [1.54, 1.807) is 18.0 Å². The second kappa shape index (κ2) is 6.04. The third kappa shape index (κ3) is 2.87. The molecule has 1 aromatic rings. The van der Waals surface area contributed by atoms with Crippen LogP contribution in [0.2, 0.25) is 5.02 Å². The number of methoxy groups -OCH3 is 1. The fourth-order valence-corrected chi connectivity index (χ4v) is 3.04. The van der Waals surface area contributed by atoms with Crippen molar-refractivity contribution in [1.29, 1.82) is 0 Å². The molecular weight excluding hydrogens is 252 g/mol. The minimum atomic E-state index is -0.822. The summed E-state index contributed by atoms with van der Waals surface area (Å²) in [6.45, 7) is 1.20. The van der Waals surface area contributed by atoms with E-state index in [1.807, 2.05) is 0 Å². The topological polar surface area (TPSA) is 47.3 Å². The van der Waals surface area contributed by atoms with Crippen molar-refractivity contribution in [3.63, 3.8) is 0 Å². The van der Waals surface area contributed by atoms with E-state index in [0.29, 0.717) is 18.2 Å². The largest absolute Gasteiger partial charge is 0.384 e. The Hall–Kier alpha value is -0.580. The Morgan fingerprint density at radius 2 is 2.06 bits per heavy atom. The third-order valence-electron chi connectivity index (χ3n) is 3.67. The van der Waals surface area contributed by atoms with Gasteiger partial charge in [-0.2, -0.15) is 5.10 Å². The number of aromatic nitrogens is 2. The zero-order chi connectivity index (χ0) is 13.0. The zero-order valence-electron chi connectivity index (χ0n) is 10.9. The van der Waals surface area contributed by atoms with E-state index in [1.165, 1.54) is 12.8 Å². The SMILES string of the molecule is COCCn1ncc(Cl)c1C1(O)CCCCCC1. The lowest BCUT2D eigenvalue weighted by molar-refractivity contribution is 0.0108. The first-order chi connectivity index (χ1) is 8.67. The van der Waals surface area contributed by atoms with Crippen LogP contribution in [0.4, 0.5) is 0 Å². The second-order valence-electron chi connectivity index (χ2n) is 5.00. The summed E-state index contributed by atoms with van der Waals surface area (Å²) in [7, 11) is 1.66. The van der Waals surface area contributed by atoms with E-state index < -0.39 is 5.60 Å². The third-order valence-corrected chi connectivity index (χ3v) is 3.95. The van der Waals surface area contributed by atoms with Crippen LogP contribution in [0.3, 0.4) is 0 Å². The van der Waals surface area contributed by atoms with Crippen LogP contribution < -0.4 is 0 Å². The molecule has 0 unspecified atom stereocenters. The predicted octanol–water partition coefficient (Wildman–Crippen LogP) is 2.72. The summed E-state index contributed by atoms with van der Waals surface area (Å²) in [5.41, 5.74) is -0.0548. The van der Waals surface area contributed by atoms with Gasteiger partial charge >= 0.3 is 0 Å². The number of hydrogen-bond donors (Lipinski definition) is 1. The fourth-order valence-electron chi connectivity index (χ4n) is 2.72. The van der Waals surface area contributed by atoms with Gasteiger partial charge in [0.1, 0.15) is 5.60 Å². The van der Waals surface area contributed by atoms with Crippen LogP contribution >= 0.6 is 11.6 Å². The maximum Gasteiger partial charge on any atom is 0.108 e. The molecule has 5 heteroatoms. The van der Waals surface area contributed by atoms with Crippen LogP contribution in [-0.4, -0.2) is 28.6 Å². The molecule has 0 amide bonds. The highest BCUT2D eigenvalue weighted by atomic mass is 35.5. The van der Waals surface area contributed by atoms with Crippen molar-refractivity contribution in [2.24, 2.45) is 0 Å². The summed E-state index contributed by atoms with van der Waals surface area (Å²) in [5, 5.41) is 15.7. The highest BCUT2D eigenvalue weighted by molar-refractivity contribution is 6.31. The molecule has 0 bridgehead atoms. The van der Waals surface area contributed by atoms with Gasteiger partial charge in [0, 0.05) is 7.11 Å². The number of halogens is 1. The molecule has 2 rings (SSSR count). The molecule has 1 aromatic heterocycles. The minimum Gasteiger partial charge on any atom is -0.384 e. The summed E-state index contributed by atoms with van der Waals surface area (Å²) in [4.78, 5) is 0. The highest BCUT2D eigenvalue weighted by Gasteiger charge is 2.35. The Labute approximate surface area is 113 Å². The Morgan fingerprint density at radius 3 is 2.67 bits per heavy atom. The van der Waals surface area contributed by atoms with Crippen LogP contribution in [0.1, 0.15) is 44.2 Å². The van der Waals surface area contributed by atoms with E-state index in [4.69, 9.17) is 16.3 Å². The van der Waals surface area contributed by atoms with Gasteiger partial charge < -0.3 is 9.84 Å². The summed E-state index contributed by atoms with van der Waals surface area (Å²) in [5.74, 6) is 0. The van der Waals surface area contributed by atoms with Crippen molar-refractivity contribution in [3.8, 4) is 0 Å². The molecule has 0 aliphatic heterocycles. The Morgan fingerprint density at radius 1 is 1.39 bits per heavy atom. The highest BCUT2D eigenvalue weighted by Crippen LogP contribution is 2.39. The molecule has 0 atom stereocenters. The van der Waals surface area contributed by atoms with E-state index in [2.05, 4.69) is 5.10 Å². The molecule has 1 heterocycles. The van der Waals surface area contributed by atoms with E-state index >= 15 is 0 Å². The molecule has 1 fully saturated rings. The van der Waals surface area contributed by atoms with Crippen molar-refractivity contribution in [2.45, 2.75) is 50.7 Å². The van der Waals surface area contributed by atoms with Gasteiger partial charge in [0.2, 0.25) is 0 Å². The van der Waals surface area contributed by atoms with Gasteiger partial charge in [-0.1, -0.05) is 37.3 Å².